The highest BCUT2D eigenvalue weighted by Gasteiger charge is 2.22. The van der Waals surface area contributed by atoms with E-state index in [1.165, 1.54) is 12.0 Å². The fourth-order valence-corrected chi connectivity index (χ4v) is 1.63. The minimum atomic E-state index is -0.401. The Balaban J connectivity index is 2.64. The average molecular weight is 241 g/mol. The molecule has 1 rings (SSSR count). The molecule has 0 aliphatic carbocycles. The number of ether oxygens (including phenoxy) is 2. The van der Waals surface area contributed by atoms with Gasteiger partial charge in [-0.2, -0.15) is 0 Å². The standard InChI is InChI=1S/C12H19NO4/c1-3-4-5-6-10(11(14)16-2)9-13-7-8-17-12(13)15/h9H,3-8H2,1-2H3/b10-9-. The second-order valence-corrected chi connectivity index (χ2v) is 3.91. The summed E-state index contributed by atoms with van der Waals surface area (Å²) < 4.78 is 9.50. The van der Waals surface area contributed by atoms with Crippen molar-refractivity contribution in [2.24, 2.45) is 0 Å². The molecule has 1 heterocycles. The van der Waals surface area contributed by atoms with E-state index in [9.17, 15) is 9.59 Å². The maximum Gasteiger partial charge on any atom is 0.413 e. The molecule has 0 aromatic carbocycles. The van der Waals surface area contributed by atoms with E-state index in [1.807, 2.05) is 0 Å². The fourth-order valence-electron chi connectivity index (χ4n) is 1.63. The highest BCUT2D eigenvalue weighted by molar-refractivity contribution is 5.89. The maximum atomic E-state index is 11.5. The van der Waals surface area contributed by atoms with Gasteiger partial charge in [0.2, 0.25) is 0 Å². The van der Waals surface area contributed by atoms with Crippen LogP contribution in [0.15, 0.2) is 11.8 Å². The number of methoxy groups -OCH3 is 1. The van der Waals surface area contributed by atoms with E-state index in [0.29, 0.717) is 25.1 Å². The van der Waals surface area contributed by atoms with Gasteiger partial charge in [-0.15, -0.1) is 0 Å². The van der Waals surface area contributed by atoms with Crippen molar-refractivity contribution < 1.29 is 19.1 Å². The Morgan fingerprint density at radius 2 is 2.29 bits per heavy atom. The van der Waals surface area contributed by atoms with E-state index >= 15 is 0 Å². The Hall–Kier alpha value is -1.52. The van der Waals surface area contributed by atoms with Crippen LogP contribution in [0.3, 0.4) is 0 Å². The van der Waals surface area contributed by atoms with Gasteiger partial charge in [-0.3, -0.25) is 4.90 Å². The second kappa shape index (κ2) is 6.93. The third-order valence-electron chi connectivity index (χ3n) is 2.60. The van der Waals surface area contributed by atoms with Gasteiger partial charge in [0.15, 0.2) is 0 Å². The number of carbonyl (C=O) groups excluding carboxylic acids is 2. The normalized spacial score (nSPS) is 16.0. The molecule has 0 aromatic rings. The lowest BCUT2D eigenvalue weighted by atomic mass is 10.1. The lowest BCUT2D eigenvalue weighted by molar-refractivity contribution is -0.136. The van der Waals surface area contributed by atoms with Crippen molar-refractivity contribution in [3.63, 3.8) is 0 Å². The Labute approximate surface area is 101 Å². The lowest BCUT2D eigenvalue weighted by Crippen LogP contribution is -2.20. The van der Waals surface area contributed by atoms with Crippen molar-refractivity contribution in [1.82, 2.24) is 4.90 Å². The molecule has 96 valence electrons. The van der Waals surface area contributed by atoms with E-state index in [4.69, 9.17) is 9.47 Å². The zero-order valence-electron chi connectivity index (χ0n) is 10.4. The molecule has 0 atom stereocenters. The highest BCUT2D eigenvalue weighted by Crippen LogP contribution is 2.14. The van der Waals surface area contributed by atoms with E-state index in [-0.39, 0.29) is 5.97 Å². The van der Waals surface area contributed by atoms with Crippen molar-refractivity contribution in [3.8, 4) is 0 Å². The Bertz CT molecular complexity index is 312. The summed E-state index contributed by atoms with van der Waals surface area (Å²) in [6.07, 6.45) is 4.84. The molecule has 0 radical (unpaired) electrons. The van der Waals surface area contributed by atoms with Gasteiger partial charge in [0.05, 0.1) is 19.2 Å². The highest BCUT2D eigenvalue weighted by atomic mass is 16.6. The Morgan fingerprint density at radius 1 is 1.53 bits per heavy atom. The number of carbonyl (C=O) groups is 2. The van der Waals surface area contributed by atoms with Crippen LogP contribution >= 0.6 is 0 Å². The van der Waals surface area contributed by atoms with Gasteiger partial charge >= 0.3 is 12.1 Å². The molecule has 17 heavy (non-hydrogen) atoms. The van der Waals surface area contributed by atoms with Gasteiger partial charge in [-0.1, -0.05) is 19.8 Å². The lowest BCUT2D eigenvalue weighted by Gasteiger charge is -2.10. The van der Waals surface area contributed by atoms with Crippen LogP contribution in [0.4, 0.5) is 4.79 Å². The minimum absolute atomic E-state index is 0.374. The molecular formula is C12H19NO4. The van der Waals surface area contributed by atoms with Gasteiger partial charge in [-0.25, -0.2) is 9.59 Å². The minimum Gasteiger partial charge on any atom is -0.466 e. The summed E-state index contributed by atoms with van der Waals surface area (Å²) in [5.41, 5.74) is 0.528. The molecule has 5 nitrogen and oxygen atoms in total. The molecule has 1 saturated heterocycles. The van der Waals surface area contributed by atoms with Crippen LogP contribution in [-0.4, -0.2) is 37.2 Å². The van der Waals surface area contributed by atoms with Crippen LogP contribution in [0.1, 0.15) is 32.6 Å². The summed E-state index contributed by atoms with van der Waals surface area (Å²) in [6.45, 7) is 2.96. The zero-order chi connectivity index (χ0) is 12.7. The van der Waals surface area contributed by atoms with Gasteiger partial charge in [0.25, 0.3) is 0 Å². The number of rotatable bonds is 6. The van der Waals surface area contributed by atoms with Crippen molar-refractivity contribution in [1.29, 1.82) is 0 Å². The van der Waals surface area contributed by atoms with Crippen molar-refractivity contribution in [2.75, 3.05) is 20.3 Å². The third-order valence-corrected chi connectivity index (χ3v) is 2.60. The van der Waals surface area contributed by atoms with Gasteiger partial charge < -0.3 is 9.47 Å². The van der Waals surface area contributed by atoms with Crippen LogP contribution in [0.5, 0.6) is 0 Å². The molecule has 0 N–H and O–H groups in total. The van der Waals surface area contributed by atoms with Gasteiger partial charge in [-0.05, 0) is 12.8 Å². The number of hydrogen-bond acceptors (Lipinski definition) is 4. The first-order chi connectivity index (χ1) is 8.19. The second-order valence-electron chi connectivity index (χ2n) is 3.91. The molecule has 1 fully saturated rings. The number of cyclic esters (lactones) is 1. The average Bonchev–Trinajstić information content (AvgIpc) is 2.73. The molecule has 5 heteroatoms. The van der Waals surface area contributed by atoms with Crippen LogP contribution in [0, 0.1) is 0 Å². The number of unbranched alkanes of at least 4 members (excludes halogenated alkanes) is 2. The van der Waals surface area contributed by atoms with E-state index in [2.05, 4.69) is 6.92 Å². The van der Waals surface area contributed by atoms with Crippen molar-refractivity contribution in [3.05, 3.63) is 11.8 Å². The first kappa shape index (κ1) is 13.5. The van der Waals surface area contributed by atoms with Crippen LogP contribution in [-0.2, 0) is 14.3 Å². The summed E-state index contributed by atoms with van der Waals surface area (Å²) in [7, 11) is 1.35. The Kier molecular flexibility index (Phi) is 5.52. The molecule has 1 amide bonds. The van der Waals surface area contributed by atoms with Gasteiger partial charge in [0, 0.05) is 6.20 Å². The van der Waals surface area contributed by atoms with Gasteiger partial charge in [0.1, 0.15) is 6.61 Å². The van der Waals surface area contributed by atoms with Crippen LogP contribution in [0.25, 0.3) is 0 Å². The molecule has 1 aliphatic rings. The first-order valence-electron chi connectivity index (χ1n) is 5.91. The third kappa shape index (κ3) is 4.09. The fraction of sp³-hybridized carbons (Fsp3) is 0.667. The quantitative estimate of drug-likeness (QED) is 0.406. The number of hydrogen-bond donors (Lipinski definition) is 0. The molecule has 1 aliphatic heterocycles. The molecule has 0 aromatic heterocycles. The summed E-state index contributed by atoms with van der Waals surface area (Å²) >= 11 is 0. The molecule has 0 bridgehead atoms. The summed E-state index contributed by atoms with van der Waals surface area (Å²) in [5.74, 6) is -0.374. The predicted octanol–water partition coefficient (Wildman–Crippen LogP) is 2.08. The van der Waals surface area contributed by atoms with E-state index in [0.717, 1.165) is 19.3 Å². The number of nitrogens with zero attached hydrogens (tertiary/aromatic N) is 1. The maximum absolute atomic E-state index is 11.5. The first-order valence-corrected chi connectivity index (χ1v) is 5.91. The summed E-state index contributed by atoms with van der Waals surface area (Å²) in [6, 6.07) is 0. The van der Waals surface area contributed by atoms with Crippen molar-refractivity contribution in [2.45, 2.75) is 32.6 Å². The largest absolute Gasteiger partial charge is 0.466 e. The van der Waals surface area contributed by atoms with E-state index in [1.54, 1.807) is 6.20 Å². The SMILES string of the molecule is CCCCC/C(=C/N1CCOC1=O)C(=O)OC. The molecule has 0 spiro atoms. The van der Waals surface area contributed by atoms with Crippen molar-refractivity contribution >= 4 is 12.1 Å². The summed E-state index contributed by atoms with van der Waals surface area (Å²) in [5, 5.41) is 0. The zero-order valence-corrected chi connectivity index (χ0v) is 10.4. The monoisotopic (exact) mass is 241 g/mol. The van der Waals surface area contributed by atoms with E-state index < -0.39 is 6.09 Å². The Morgan fingerprint density at radius 3 is 2.82 bits per heavy atom. The topological polar surface area (TPSA) is 55.8 Å². The smallest absolute Gasteiger partial charge is 0.413 e. The van der Waals surface area contributed by atoms with Crippen LogP contribution < -0.4 is 0 Å². The number of amides is 1. The van der Waals surface area contributed by atoms with Crippen LogP contribution in [0.2, 0.25) is 0 Å². The molecule has 0 unspecified atom stereocenters. The predicted molar refractivity (Wildman–Crippen MR) is 62.3 cm³/mol. The molecular weight excluding hydrogens is 222 g/mol. The molecule has 0 saturated carbocycles. The number of esters is 1. The summed E-state index contributed by atoms with van der Waals surface area (Å²) in [4.78, 5) is 24.2.